The summed E-state index contributed by atoms with van der Waals surface area (Å²) in [5.74, 6) is 0. The van der Waals surface area contributed by atoms with Gasteiger partial charge in [-0.1, -0.05) is 11.6 Å². The van der Waals surface area contributed by atoms with Crippen molar-refractivity contribution < 1.29 is 4.42 Å². The van der Waals surface area contributed by atoms with Gasteiger partial charge in [0.05, 0.1) is 29.5 Å². The third kappa shape index (κ3) is 2.03. The fraction of sp³-hybridized carbons (Fsp3) is 0. The Morgan fingerprint density at radius 3 is 2.95 bits per heavy atom. The summed E-state index contributed by atoms with van der Waals surface area (Å²) in [4.78, 5) is 16.4. The topological polar surface area (TPSA) is 74.2 Å². The maximum Gasteiger partial charge on any atom is 0.271 e. The van der Waals surface area contributed by atoms with Gasteiger partial charge in [-0.25, -0.2) is 0 Å². The van der Waals surface area contributed by atoms with Crippen LogP contribution < -0.4 is 5.56 Å². The van der Waals surface area contributed by atoms with E-state index in [1.165, 1.54) is 0 Å². The molecule has 1 aromatic carbocycles. The molecule has 22 heavy (non-hydrogen) atoms. The molecule has 0 atom stereocenters. The largest absolute Gasteiger partial charge is 0.472 e. The van der Waals surface area contributed by atoms with Crippen LogP contribution in [0.1, 0.15) is 11.1 Å². The van der Waals surface area contributed by atoms with Crippen molar-refractivity contribution in [2.75, 3.05) is 0 Å². The van der Waals surface area contributed by atoms with Crippen LogP contribution in [-0.4, -0.2) is 16.4 Å². The van der Waals surface area contributed by atoms with Crippen LogP contribution in [0.5, 0.6) is 0 Å². The van der Waals surface area contributed by atoms with E-state index in [1.54, 1.807) is 36.9 Å². The third-order valence-electron chi connectivity index (χ3n) is 3.54. The highest BCUT2D eigenvalue weighted by Gasteiger charge is 2.16. The third-order valence-corrected chi connectivity index (χ3v) is 3.77. The van der Waals surface area contributed by atoms with E-state index < -0.39 is 0 Å². The van der Waals surface area contributed by atoms with Crippen LogP contribution in [0.15, 0.2) is 51.0 Å². The number of nitrogens with one attached hydrogen (secondary N) is 2. The van der Waals surface area contributed by atoms with Gasteiger partial charge >= 0.3 is 0 Å². The number of hydrogen-bond acceptors (Lipinski definition) is 3. The quantitative estimate of drug-likeness (QED) is 0.754. The Morgan fingerprint density at radius 1 is 1.23 bits per heavy atom. The Balaban J connectivity index is 1.87. The minimum Gasteiger partial charge on any atom is -0.472 e. The molecular weight excluding hydrogens is 302 g/mol. The minimum atomic E-state index is -0.201. The molecule has 2 aromatic heterocycles. The lowest BCUT2D eigenvalue weighted by molar-refractivity contribution is 0.568. The molecule has 0 spiro atoms. The van der Waals surface area contributed by atoms with Gasteiger partial charge < -0.3 is 4.42 Å². The summed E-state index contributed by atoms with van der Waals surface area (Å²) in [5.41, 5.74) is 4.39. The molecule has 0 amide bonds. The van der Waals surface area contributed by atoms with E-state index in [1.807, 2.05) is 12.1 Å². The van der Waals surface area contributed by atoms with Gasteiger partial charge in [-0.15, -0.1) is 0 Å². The first-order valence-corrected chi connectivity index (χ1v) is 6.99. The lowest BCUT2D eigenvalue weighted by Gasteiger charge is -2.00. The monoisotopic (exact) mass is 311 g/mol. The highest BCUT2D eigenvalue weighted by molar-refractivity contribution is 6.31. The molecule has 0 saturated heterocycles. The van der Waals surface area contributed by atoms with Crippen LogP contribution in [0.3, 0.4) is 0 Å². The Bertz CT molecular complexity index is 962. The number of aromatic nitrogens is 2. The van der Waals surface area contributed by atoms with Crippen molar-refractivity contribution in [3.05, 3.63) is 63.3 Å². The van der Waals surface area contributed by atoms with Crippen molar-refractivity contribution in [2.45, 2.75) is 0 Å². The second-order valence-corrected chi connectivity index (χ2v) is 5.34. The number of hydrogen-bond donors (Lipinski definition) is 2. The molecule has 0 aliphatic carbocycles. The number of furan rings is 1. The molecule has 0 unspecified atom stereocenters. The van der Waals surface area contributed by atoms with E-state index in [0.29, 0.717) is 16.3 Å². The lowest BCUT2D eigenvalue weighted by atomic mass is 10.0. The summed E-state index contributed by atoms with van der Waals surface area (Å²) in [6.07, 6.45) is 6.66. The predicted molar refractivity (Wildman–Crippen MR) is 86.6 cm³/mol. The number of nitrogens with zero attached hydrogens (tertiary/aromatic N) is 1. The van der Waals surface area contributed by atoms with Gasteiger partial charge in [0.25, 0.3) is 5.56 Å². The SMILES string of the molecule is O=c1[nH][nH]c(-c2ccoc2)c1/C=C1\C=Nc2ccc(Cl)cc21. The first-order valence-electron chi connectivity index (χ1n) is 6.61. The van der Waals surface area contributed by atoms with Gasteiger partial charge in [-0.3, -0.25) is 20.0 Å². The molecule has 0 saturated carbocycles. The van der Waals surface area contributed by atoms with Crippen molar-refractivity contribution in [1.29, 1.82) is 0 Å². The maximum atomic E-state index is 12.1. The van der Waals surface area contributed by atoms with E-state index in [9.17, 15) is 4.79 Å². The number of fused-ring (bicyclic) bond motifs is 1. The molecule has 3 heterocycles. The predicted octanol–water partition coefficient (Wildman–Crippen LogP) is 3.87. The molecule has 6 heteroatoms. The summed E-state index contributed by atoms with van der Waals surface area (Å²) in [6.45, 7) is 0. The molecule has 4 rings (SSSR count). The van der Waals surface area contributed by atoms with Crippen molar-refractivity contribution in [2.24, 2.45) is 4.99 Å². The van der Waals surface area contributed by atoms with E-state index in [2.05, 4.69) is 15.2 Å². The smallest absolute Gasteiger partial charge is 0.271 e. The number of H-pyrrole nitrogens is 2. The minimum absolute atomic E-state index is 0.201. The van der Waals surface area contributed by atoms with E-state index in [4.69, 9.17) is 16.0 Å². The Kier molecular flexibility index (Phi) is 2.87. The van der Waals surface area contributed by atoms with Crippen molar-refractivity contribution in [3.63, 3.8) is 0 Å². The summed E-state index contributed by atoms with van der Waals surface area (Å²) in [6, 6.07) is 7.27. The van der Waals surface area contributed by atoms with Crippen molar-refractivity contribution >= 4 is 35.2 Å². The van der Waals surface area contributed by atoms with Crippen LogP contribution in [0.2, 0.25) is 5.02 Å². The molecule has 0 radical (unpaired) electrons. The van der Waals surface area contributed by atoms with Gasteiger partial charge in [0.15, 0.2) is 0 Å². The fourth-order valence-electron chi connectivity index (χ4n) is 2.47. The molecular formula is C16H10ClN3O2. The molecule has 5 nitrogen and oxygen atoms in total. The number of aliphatic imine (C=N–C) groups is 1. The average Bonchev–Trinajstić information content (AvgIpc) is 3.22. The summed E-state index contributed by atoms with van der Waals surface area (Å²) in [7, 11) is 0. The second kappa shape index (κ2) is 4.89. The van der Waals surface area contributed by atoms with Crippen LogP contribution in [0.4, 0.5) is 5.69 Å². The standard InChI is InChI=1S/C16H10ClN3O2/c17-11-1-2-14-12(6-11)10(7-18-14)5-13-15(19-20-16(13)21)9-3-4-22-8-9/h1-8H,(H2,19,20,21)/b10-5+. The van der Waals surface area contributed by atoms with Crippen molar-refractivity contribution in [1.82, 2.24) is 10.2 Å². The number of halogens is 1. The Hall–Kier alpha value is -2.79. The highest BCUT2D eigenvalue weighted by atomic mass is 35.5. The van der Waals surface area contributed by atoms with Gasteiger partial charge in [0, 0.05) is 27.9 Å². The van der Waals surface area contributed by atoms with Crippen LogP contribution >= 0.6 is 11.6 Å². The molecule has 2 N–H and O–H groups in total. The molecule has 108 valence electrons. The lowest BCUT2D eigenvalue weighted by Crippen LogP contribution is -2.02. The van der Waals surface area contributed by atoms with Gasteiger partial charge in [-0.05, 0) is 30.3 Å². The molecule has 0 bridgehead atoms. The number of rotatable bonds is 2. The molecule has 1 aliphatic heterocycles. The van der Waals surface area contributed by atoms with E-state index >= 15 is 0 Å². The number of aromatic amines is 2. The Labute approximate surface area is 129 Å². The zero-order chi connectivity index (χ0) is 15.1. The first kappa shape index (κ1) is 12.9. The highest BCUT2D eigenvalue weighted by Crippen LogP contribution is 2.35. The fourth-order valence-corrected chi connectivity index (χ4v) is 2.64. The number of allylic oxidation sites excluding steroid dienone is 1. The first-order chi connectivity index (χ1) is 10.7. The average molecular weight is 312 g/mol. The zero-order valence-electron chi connectivity index (χ0n) is 11.3. The second-order valence-electron chi connectivity index (χ2n) is 4.90. The molecule has 3 aromatic rings. The molecule has 0 fully saturated rings. The van der Waals surface area contributed by atoms with Crippen LogP contribution in [0.25, 0.3) is 22.9 Å². The van der Waals surface area contributed by atoms with Gasteiger partial charge in [-0.2, -0.15) is 0 Å². The number of benzene rings is 1. The maximum absolute atomic E-state index is 12.1. The van der Waals surface area contributed by atoms with Crippen molar-refractivity contribution in [3.8, 4) is 11.3 Å². The van der Waals surface area contributed by atoms with E-state index in [-0.39, 0.29) is 5.56 Å². The van der Waals surface area contributed by atoms with Crippen LogP contribution in [0, 0.1) is 0 Å². The van der Waals surface area contributed by atoms with Crippen LogP contribution in [-0.2, 0) is 0 Å². The summed E-state index contributed by atoms with van der Waals surface area (Å²) >= 11 is 6.05. The summed E-state index contributed by atoms with van der Waals surface area (Å²) < 4.78 is 5.07. The molecule has 1 aliphatic rings. The van der Waals surface area contributed by atoms with Gasteiger partial charge in [0.2, 0.25) is 0 Å². The Morgan fingerprint density at radius 2 is 2.14 bits per heavy atom. The van der Waals surface area contributed by atoms with Gasteiger partial charge in [0.1, 0.15) is 0 Å². The van der Waals surface area contributed by atoms with E-state index in [0.717, 1.165) is 22.4 Å². The zero-order valence-corrected chi connectivity index (χ0v) is 12.0. The normalized spacial score (nSPS) is 14.7. The summed E-state index contributed by atoms with van der Waals surface area (Å²) in [5, 5.41) is 6.10.